The monoisotopic (exact) mass is 404 g/mol. The first-order valence-electron chi connectivity index (χ1n) is 9.10. The fourth-order valence-electron chi connectivity index (χ4n) is 3.37. The lowest BCUT2D eigenvalue weighted by atomic mass is 10.1. The number of ketones is 1. The van der Waals surface area contributed by atoms with E-state index in [-0.39, 0.29) is 23.5 Å². The number of rotatable bonds is 4. The molecule has 0 bridgehead atoms. The minimum absolute atomic E-state index is 0.0134. The maximum Gasteiger partial charge on any atom is 0.262 e. The molecule has 29 heavy (non-hydrogen) atoms. The first-order chi connectivity index (χ1) is 14.1. The normalized spacial score (nSPS) is 14.3. The molecule has 144 valence electrons. The third kappa shape index (κ3) is 3.11. The van der Waals surface area contributed by atoms with Gasteiger partial charge in [0.25, 0.3) is 5.91 Å². The molecule has 4 aromatic rings. The molecule has 1 N–H and O–H groups in total. The molecular weight excluding hydrogens is 388 g/mol. The minimum atomic E-state index is -0.389. The van der Waals surface area contributed by atoms with Crippen LogP contribution in [0.25, 0.3) is 16.6 Å². The van der Waals surface area contributed by atoms with Crippen LogP contribution in [0.15, 0.2) is 59.8 Å². The van der Waals surface area contributed by atoms with Crippen LogP contribution in [0.5, 0.6) is 5.75 Å². The van der Waals surface area contributed by atoms with Gasteiger partial charge in [-0.2, -0.15) is 0 Å². The van der Waals surface area contributed by atoms with Gasteiger partial charge in [-0.05, 0) is 48.7 Å². The van der Waals surface area contributed by atoms with Gasteiger partial charge in [0.1, 0.15) is 5.75 Å². The average Bonchev–Trinajstić information content (AvgIpc) is 3.15. The molecule has 5 rings (SSSR count). The summed E-state index contributed by atoms with van der Waals surface area (Å²) in [5.41, 5.74) is 2.75. The first-order valence-corrected chi connectivity index (χ1v) is 9.98. The number of Topliss-reactive ketones (excluding diaryl/α,β-unsaturated/α-hetero) is 1. The highest BCUT2D eigenvalue weighted by Crippen LogP contribution is 2.31. The summed E-state index contributed by atoms with van der Waals surface area (Å²) in [6.45, 7) is 1.83. The summed E-state index contributed by atoms with van der Waals surface area (Å²) in [5.74, 6) is 0.275. The van der Waals surface area contributed by atoms with E-state index in [2.05, 4.69) is 15.5 Å². The second kappa shape index (κ2) is 6.89. The van der Waals surface area contributed by atoms with Crippen LogP contribution in [-0.4, -0.2) is 38.1 Å². The number of aromatic nitrogens is 3. The molecule has 2 aromatic heterocycles. The SMILES string of the molecule is C[C@H](Sc1nnc2ccc3ccccc3n12)C(=O)c1ccc2c(c1)NC(=O)CO2. The summed E-state index contributed by atoms with van der Waals surface area (Å²) >= 11 is 1.36. The number of ether oxygens (including phenoxy) is 1. The summed E-state index contributed by atoms with van der Waals surface area (Å²) in [5, 5.41) is 12.6. The summed E-state index contributed by atoms with van der Waals surface area (Å²) in [6, 6.07) is 17.0. The van der Waals surface area contributed by atoms with E-state index in [4.69, 9.17) is 4.74 Å². The highest BCUT2D eigenvalue weighted by molar-refractivity contribution is 8.00. The molecule has 1 aliphatic rings. The number of benzene rings is 2. The van der Waals surface area contributed by atoms with Gasteiger partial charge in [0.2, 0.25) is 0 Å². The number of thioether (sulfide) groups is 1. The molecule has 0 unspecified atom stereocenters. The van der Waals surface area contributed by atoms with Gasteiger partial charge >= 0.3 is 0 Å². The van der Waals surface area contributed by atoms with Crippen molar-refractivity contribution in [2.75, 3.05) is 11.9 Å². The topological polar surface area (TPSA) is 85.6 Å². The van der Waals surface area contributed by atoms with Crippen molar-refractivity contribution in [3.63, 3.8) is 0 Å². The number of anilines is 1. The number of pyridine rings is 1. The zero-order valence-electron chi connectivity index (χ0n) is 15.5. The molecule has 0 aliphatic carbocycles. The number of nitrogens with zero attached hydrogens (tertiary/aromatic N) is 3. The Kier molecular flexibility index (Phi) is 4.21. The molecule has 8 heteroatoms. The van der Waals surface area contributed by atoms with Gasteiger partial charge in [0.15, 0.2) is 23.2 Å². The van der Waals surface area contributed by atoms with Crippen molar-refractivity contribution in [2.24, 2.45) is 0 Å². The number of nitrogens with one attached hydrogen (secondary N) is 1. The highest BCUT2D eigenvalue weighted by atomic mass is 32.2. The van der Waals surface area contributed by atoms with Crippen LogP contribution in [0.4, 0.5) is 5.69 Å². The van der Waals surface area contributed by atoms with Crippen molar-refractivity contribution < 1.29 is 14.3 Å². The molecule has 3 heterocycles. The highest BCUT2D eigenvalue weighted by Gasteiger charge is 2.23. The molecule has 7 nitrogen and oxygen atoms in total. The first kappa shape index (κ1) is 17.7. The van der Waals surface area contributed by atoms with Gasteiger partial charge < -0.3 is 10.1 Å². The predicted octanol–water partition coefficient (Wildman–Crippen LogP) is 3.58. The van der Waals surface area contributed by atoms with Crippen LogP contribution in [0, 0.1) is 0 Å². The van der Waals surface area contributed by atoms with Crippen LogP contribution in [0.3, 0.4) is 0 Å². The Morgan fingerprint density at radius 2 is 2.03 bits per heavy atom. The van der Waals surface area contributed by atoms with E-state index in [0.29, 0.717) is 22.2 Å². The lowest BCUT2D eigenvalue weighted by Gasteiger charge is -2.19. The Morgan fingerprint density at radius 1 is 1.17 bits per heavy atom. The number of carbonyl (C=O) groups excluding carboxylic acids is 2. The number of hydrogen-bond acceptors (Lipinski definition) is 6. The molecule has 0 saturated carbocycles. The van der Waals surface area contributed by atoms with Crippen LogP contribution in [0.1, 0.15) is 17.3 Å². The van der Waals surface area contributed by atoms with Crippen LogP contribution in [0.2, 0.25) is 0 Å². The van der Waals surface area contributed by atoms with Gasteiger partial charge in [-0.3, -0.25) is 14.0 Å². The zero-order chi connectivity index (χ0) is 20.0. The molecule has 2 aromatic carbocycles. The van der Waals surface area contributed by atoms with E-state index < -0.39 is 0 Å². The number of hydrogen-bond donors (Lipinski definition) is 1. The Labute approximate surface area is 170 Å². The standard InChI is InChI=1S/C21H16N4O3S/c1-12(20(27)14-6-8-17-15(10-14)22-19(26)11-28-17)29-21-24-23-18-9-7-13-4-2-3-5-16(13)25(18)21/h2-10,12H,11H2,1H3,(H,22,26)/t12-/m0/s1. The second-order valence-corrected chi connectivity index (χ2v) is 8.05. The Balaban J connectivity index is 1.45. The molecular formula is C21H16N4O3S. The quantitative estimate of drug-likeness (QED) is 0.413. The zero-order valence-corrected chi connectivity index (χ0v) is 16.3. The number of carbonyl (C=O) groups is 2. The molecule has 1 aliphatic heterocycles. The van der Waals surface area contributed by atoms with Crippen molar-refractivity contribution >= 4 is 45.7 Å². The van der Waals surface area contributed by atoms with Gasteiger partial charge in [-0.25, -0.2) is 0 Å². The van der Waals surface area contributed by atoms with Crippen molar-refractivity contribution in [3.05, 3.63) is 60.2 Å². The maximum absolute atomic E-state index is 13.0. The van der Waals surface area contributed by atoms with E-state index >= 15 is 0 Å². The van der Waals surface area contributed by atoms with E-state index in [9.17, 15) is 9.59 Å². The van der Waals surface area contributed by atoms with Crippen LogP contribution < -0.4 is 10.1 Å². The molecule has 0 spiro atoms. The third-order valence-corrected chi connectivity index (χ3v) is 5.84. The maximum atomic E-state index is 13.0. The molecule has 0 fully saturated rings. The average molecular weight is 404 g/mol. The van der Waals surface area contributed by atoms with Crippen LogP contribution >= 0.6 is 11.8 Å². The van der Waals surface area contributed by atoms with E-state index in [1.165, 1.54) is 11.8 Å². The lowest BCUT2D eigenvalue weighted by molar-refractivity contribution is -0.118. The Hall–Kier alpha value is -3.39. The molecule has 0 radical (unpaired) electrons. The number of para-hydroxylation sites is 1. The second-order valence-electron chi connectivity index (χ2n) is 6.74. The van der Waals surface area contributed by atoms with Crippen LogP contribution in [-0.2, 0) is 4.79 Å². The summed E-state index contributed by atoms with van der Waals surface area (Å²) < 4.78 is 7.32. The number of amides is 1. The molecule has 1 amide bonds. The van der Waals surface area contributed by atoms with Crippen molar-refractivity contribution in [1.82, 2.24) is 14.6 Å². The lowest BCUT2D eigenvalue weighted by Crippen LogP contribution is -2.25. The fraction of sp³-hybridized carbons (Fsp3) is 0.143. The third-order valence-electron chi connectivity index (χ3n) is 4.80. The largest absolute Gasteiger partial charge is 0.482 e. The van der Waals surface area contributed by atoms with Crippen molar-refractivity contribution in [2.45, 2.75) is 17.3 Å². The smallest absolute Gasteiger partial charge is 0.262 e. The van der Waals surface area contributed by atoms with Gasteiger partial charge in [0.05, 0.1) is 16.5 Å². The summed E-state index contributed by atoms with van der Waals surface area (Å²) in [4.78, 5) is 24.5. The van der Waals surface area contributed by atoms with Gasteiger partial charge in [-0.15, -0.1) is 10.2 Å². The van der Waals surface area contributed by atoms with Gasteiger partial charge in [0, 0.05) is 5.56 Å². The molecule has 0 saturated heterocycles. The Bertz CT molecular complexity index is 1280. The minimum Gasteiger partial charge on any atom is -0.482 e. The predicted molar refractivity (Wildman–Crippen MR) is 111 cm³/mol. The molecule has 1 atom stereocenters. The summed E-state index contributed by atoms with van der Waals surface area (Å²) in [7, 11) is 0. The van der Waals surface area contributed by atoms with Crippen molar-refractivity contribution in [1.29, 1.82) is 0 Å². The Morgan fingerprint density at radius 3 is 2.93 bits per heavy atom. The van der Waals surface area contributed by atoms with E-state index in [1.807, 2.05) is 47.7 Å². The van der Waals surface area contributed by atoms with E-state index in [1.54, 1.807) is 18.2 Å². The van der Waals surface area contributed by atoms with Gasteiger partial charge in [-0.1, -0.05) is 30.0 Å². The summed E-state index contributed by atoms with van der Waals surface area (Å²) in [6.07, 6.45) is 0. The fourth-order valence-corrected chi connectivity index (χ4v) is 4.32. The number of fused-ring (bicyclic) bond motifs is 4. The van der Waals surface area contributed by atoms with E-state index in [0.717, 1.165) is 16.6 Å². The van der Waals surface area contributed by atoms with Crippen molar-refractivity contribution in [3.8, 4) is 5.75 Å².